The minimum atomic E-state index is -1.05. The van der Waals surface area contributed by atoms with Crippen LogP contribution in [0.15, 0.2) is 12.1 Å². The van der Waals surface area contributed by atoms with Crippen LogP contribution in [0.25, 0.3) is 0 Å². The van der Waals surface area contributed by atoms with Gasteiger partial charge in [-0.25, -0.2) is 8.78 Å². The van der Waals surface area contributed by atoms with E-state index < -0.39 is 28.9 Å². The first-order valence-electron chi connectivity index (χ1n) is 6.11. The molecule has 0 radical (unpaired) electrons. The molecular formula is C13H15F2NO3. The first kappa shape index (κ1) is 13.7. The van der Waals surface area contributed by atoms with Gasteiger partial charge in [0.25, 0.3) is 5.91 Å². The van der Waals surface area contributed by atoms with Gasteiger partial charge in [-0.15, -0.1) is 0 Å². The van der Waals surface area contributed by atoms with E-state index >= 15 is 0 Å². The third-order valence-corrected chi connectivity index (χ3v) is 3.21. The zero-order valence-electron chi connectivity index (χ0n) is 10.5. The average Bonchev–Trinajstić information content (AvgIpc) is 2.37. The van der Waals surface area contributed by atoms with E-state index in [4.69, 9.17) is 4.74 Å². The lowest BCUT2D eigenvalue weighted by molar-refractivity contribution is -0.00318. The van der Waals surface area contributed by atoms with Crippen molar-refractivity contribution in [1.29, 1.82) is 0 Å². The molecule has 0 aliphatic carbocycles. The van der Waals surface area contributed by atoms with Gasteiger partial charge in [-0.2, -0.15) is 0 Å². The number of hydrogen-bond acceptors (Lipinski definition) is 3. The topological polar surface area (TPSA) is 49.8 Å². The Bertz CT molecular complexity index is 470. The monoisotopic (exact) mass is 271 g/mol. The predicted molar refractivity (Wildman–Crippen MR) is 64.0 cm³/mol. The summed E-state index contributed by atoms with van der Waals surface area (Å²) in [6, 6.07) is 1.16. The van der Waals surface area contributed by atoms with Gasteiger partial charge in [-0.05, 0) is 6.42 Å². The summed E-state index contributed by atoms with van der Waals surface area (Å²) >= 11 is 0. The smallest absolute Gasteiger partial charge is 0.261 e. The van der Waals surface area contributed by atoms with Gasteiger partial charge in [-0.1, -0.05) is 6.92 Å². The second-order valence-corrected chi connectivity index (χ2v) is 4.42. The number of halogens is 2. The fourth-order valence-corrected chi connectivity index (χ4v) is 2.18. The van der Waals surface area contributed by atoms with Gasteiger partial charge >= 0.3 is 0 Å². The summed E-state index contributed by atoms with van der Waals surface area (Å²) < 4.78 is 31.8. The number of nitrogens with zero attached hydrogens (tertiary/aromatic N) is 1. The van der Waals surface area contributed by atoms with Crippen LogP contribution in [0.4, 0.5) is 8.78 Å². The van der Waals surface area contributed by atoms with Crippen LogP contribution in [0.3, 0.4) is 0 Å². The van der Waals surface area contributed by atoms with Gasteiger partial charge in [0, 0.05) is 18.7 Å². The van der Waals surface area contributed by atoms with Crippen LogP contribution in [0, 0.1) is 11.6 Å². The standard InChI is InChI=1S/C13H15F2NO3/c1-2-9-7-19-4-3-16(9)13(18)12-10(15)5-8(14)6-11(12)17/h5-6,9,17H,2-4,7H2,1H3. The number of benzene rings is 1. The molecule has 19 heavy (non-hydrogen) atoms. The van der Waals surface area contributed by atoms with Crippen LogP contribution in [-0.4, -0.2) is 41.7 Å². The molecular weight excluding hydrogens is 256 g/mol. The molecule has 6 heteroatoms. The lowest BCUT2D eigenvalue weighted by atomic mass is 10.1. The fourth-order valence-electron chi connectivity index (χ4n) is 2.18. The number of rotatable bonds is 2. The Morgan fingerprint density at radius 2 is 2.26 bits per heavy atom. The molecule has 0 saturated carbocycles. The molecule has 1 aromatic rings. The molecule has 0 bridgehead atoms. The summed E-state index contributed by atoms with van der Waals surface area (Å²) in [4.78, 5) is 13.7. The van der Waals surface area contributed by atoms with Gasteiger partial charge in [0.15, 0.2) is 0 Å². The Kier molecular flexibility index (Phi) is 3.99. The maximum atomic E-state index is 13.7. The molecule has 0 spiro atoms. The van der Waals surface area contributed by atoms with E-state index in [2.05, 4.69) is 0 Å². The summed E-state index contributed by atoms with van der Waals surface area (Å²) in [7, 11) is 0. The Morgan fingerprint density at radius 1 is 1.53 bits per heavy atom. The summed E-state index contributed by atoms with van der Waals surface area (Å²) in [6.07, 6.45) is 0.662. The molecule has 1 heterocycles. The summed E-state index contributed by atoms with van der Waals surface area (Å²) in [5.41, 5.74) is -0.484. The van der Waals surface area contributed by atoms with Crippen molar-refractivity contribution in [2.24, 2.45) is 0 Å². The van der Waals surface area contributed by atoms with Gasteiger partial charge < -0.3 is 14.7 Å². The number of phenols is 1. The Hall–Kier alpha value is -1.69. The van der Waals surface area contributed by atoms with Gasteiger partial charge in [0.1, 0.15) is 22.9 Å². The number of carbonyl (C=O) groups excluding carboxylic acids is 1. The van der Waals surface area contributed by atoms with Crippen LogP contribution in [-0.2, 0) is 4.74 Å². The number of morpholine rings is 1. The Labute approximate surface area is 109 Å². The number of hydrogen-bond donors (Lipinski definition) is 1. The van der Waals surface area contributed by atoms with Gasteiger partial charge in [0.05, 0.1) is 19.3 Å². The third-order valence-electron chi connectivity index (χ3n) is 3.21. The number of carbonyl (C=O) groups is 1. The van der Waals surface area contributed by atoms with Gasteiger partial charge in [0.2, 0.25) is 0 Å². The molecule has 1 aliphatic rings. The van der Waals surface area contributed by atoms with Crippen molar-refractivity contribution < 1.29 is 23.4 Å². The first-order chi connectivity index (χ1) is 9.04. The van der Waals surface area contributed by atoms with Crippen LogP contribution in [0.2, 0.25) is 0 Å². The highest BCUT2D eigenvalue weighted by molar-refractivity contribution is 5.97. The highest BCUT2D eigenvalue weighted by Crippen LogP contribution is 2.25. The van der Waals surface area contributed by atoms with Crippen molar-refractivity contribution >= 4 is 5.91 Å². The highest BCUT2D eigenvalue weighted by Gasteiger charge is 2.30. The maximum absolute atomic E-state index is 13.7. The normalized spacial score (nSPS) is 19.5. The molecule has 1 N–H and O–H groups in total. The van der Waals surface area contributed by atoms with E-state index in [0.717, 1.165) is 6.07 Å². The molecule has 1 saturated heterocycles. The Balaban J connectivity index is 2.33. The van der Waals surface area contributed by atoms with Gasteiger partial charge in [-0.3, -0.25) is 4.79 Å². The van der Waals surface area contributed by atoms with Crippen molar-refractivity contribution in [2.45, 2.75) is 19.4 Å². The maximum Gasteiger partial charge on any atom is 0.261 e. The average molecular weight is 271 g/mol. The molecule has 1 aromatic carbocycles. The molecule has 1 unspecified atom stereocenters. The van der Waals surface area contributed by atoms with E-state index in [0.29, 0.717) is 32.2 Å². The Morgan fingerprint density at radius 3 is 2.89 bits per heavy atom. The highest BCUT2D eigenvalue weighted by atomic mass is 19.1. The van der Waals surface area contributed by atoms with E-state index in [9.17, 15) is 18.7 Å². The first-order valence-corrected chi connectivity index (χ1v) is 6.11. The molecule has 1 amide bonds. The summed E-state index contributed by atoms with van der Waals surface area (Å²) in [5, 5.41) is 9.57. The number of aromatic hydroxyl groups is 1. The fraction of sp³-hybridized carbons (Fsp3) is 0.462. The van der Waals surface area contributed by atoms with E-state index in [1.165, 1.54) is 4.90 Å². The van der Waals surface area contributed by atoms with Crippen molar-refractivity contribution in [2.75, 3.05) is 19.8 Å². The minimum absolute atomic E-state index is 0.162. The van der Waals surface area contributed by atoms with E-state index in [-0.39, 0.29) is 6.04 Å². The molecule has 1 fully saturated rings. The molecule has 1 aliphatic heterocycles. The van der Waals surface area contributed by atoms with Crippen LogP contribution in [0.5, 0.6) is 5.75 Å². The molecule has 0 aromatic heterocycles. The molecule has 4 nitrogen and oxygen atoms in total. The predicted octanol–water partition coefficient (Wildman–Crippen LogP) is 1.92. The quantitative estimate of drug-likeness (QED) is 0.894. The lowest BCUT2D eigenvalue weighted by Crippen LogP contribution is -2.48. The largest absolute Gasteiger partial charge is 0.507 e. The van der Waals surface area contributed by atoms with Crippen molar-refractivity contribution in [3.05, 3.63) is 29.3 Å². The molecule has 2 rings (SSSR count). The van der Waals surface area contributed by atoms with Crippen LogP contribution >= 0.6 is 0 Å². The minimum Gasteiger partial charge on any atom is -0.507 e. The van der Waals surface area contributed by atoms with Crippen LogP contribution < -0.4 is 0 Å². The summed E-state index contributed by atoms with van der Waals surface area (Å²) in [5.74, 6) is -3.28. The number of phenolic OH excluding ortho intramolecular Hbond substituents is 1. The van der Waals surface area contributed by atoms with Crippen molar-refractivity contribution in [3.63, 3.8) is 0 Å². The van der Waals surface area contributed by atoms with Crippen molar-refractivity contribution in [1.82, 2.24) is 4.90 Å². The van der Waals surface area contributed by atoms with Crippen molar-refractivity contribution in [3.8, 4) is 5.75 Å². The van der Waals surface area contributed by atoms with E-state index in [1.54, 1.807) is 0 Å². The lowest BCUT2D eigenvalue weighted by Gasteiger charge is -2.35. The second-order valence-electron chi connectivity index (χ2n) is 4.42. The molecule has 1 atom stereocenters. The number of ether oxygens (including phenoxy) is 1. The molecule has 104 valence electrons. The SMILES string of the molecule is CCC1COCCN1C(=O)c1c(O)cc(F)cc1F. The second kappa shape index (κ2) is 5.52. The number of amides is 1. The summed E-state index contributed by atoms with van der Waals surface area (Å²) in [6.45, 7) is 2.96. The van der Waals surface area contributed by atoms with E-state index in [1.807, 2.05) is 6.92 Å². The third kappa shape index (κ3) is 2.68. The van der Waals surface area contributed by atoms with Crippen LogP contribution in [0.1, 0.15) is 23.7 Å². The zero-order valence-corrected chi connectivity index (χ0v) is 10.5. The zero-order chi connectivity index (χ0) is 14.0.